The van der Waals surface area contributed by atoms with Crippen LogP contribution in [0.1, 0.15) is 11.5 Å². The molecule has 0 saturated carbocycles. The number of rotatable bonds is 4. The first-order valence-corrected chi connectivity index (χ1v) is 8.39. The lowest BCUT2D eigenvalue weighted by molar-refractivity contribution is 0.390. The summed E-state index contributed by atoms with van der Waals surface area (Å²) in [5, 5.41) is 3.77. The molecule has 0 amide bonds. The summed E-state index contributed by atoms with van der Waals surface area (Å²) in [5.41, 5.74) is 0.468. The smallest absolute Gasteiger partial charge is 0.243 e. The first-order chi connectivity index (χ1) is 9.29. The largest absolute Gasteiger partial charge is 0.361 e. The van der Waals surface area contributed by atoms with E-state index in [1.54, 1.807) is 13.0 Å². The number of aromatic nitrogens is 1. The molecule has 2 aromatic rings. The zero-order chi connectivity index (χ0) is 14.9. The molecule has 1 N–H and O–H groups in total. The minimum atomic E-state index is -3.84. The number of benzene rings is 1. The number of nitrogens with zero attached hydrogens (tertiary/aromatic N) is 1. The van der Waals surface area contributed by atoms with Gasteiger partial charge in [0.1, 0.15) is 10.7 Å². The molecule has 0 saturated heterocycles. The third-order valence-electron chi connectivity index (χ3n) is 2.35. The maximum atomic E-state index is 12.2. The summed E-state index contributed by atoms with van der Waals surface area (Å²) in [4.78, 5) is -0.163. The normalized spacial score (nSPS) is 11.8. The Morgan fingerprint density at radius 1 is 1.30 bits per heavy atom. The van der Waals surface area contributed by atoms with Crippen LogP contribution in [0.15, 0.2) is 32.1 Å². The van der Waals surface area contributed by atoms with E-state index in [4.69, 9.17) is 27.7 Å². The van der Waals surface area contributed by atoms with Crippen molar-refractivity contribution in [1.82, 2.24) is 9.88 Å². The van der Waals surface area contributed by atoms with Gasteiger partial charge in [-0.05, 0) is 19.1 Å². The van der Waals surface area contributed by atoms with Crippen LogP contribution in [-0.4, -0.2) is 13.6 Å². The van der Waals surface area contributed by atoms with Crippen molar-refractivity contribution in [1.29, 1.82) is 0 Å². The van der Waals surface area contributed by atoms with Gasteiger partial charge in [0.05, 0.1) is 22.3 Å². The van der Waals surface area contributed by atoms with Crippen LogP contribution in [0, 0.1) is 6.92 Å². The van der Waals surface area contributed by atoms with Gasteiger partial charge >= 0.3 is 0 Å². The zero-order valence-electron chi connectivity index (χ0n) is 10.2. The van der Waals surface area contributed by atoms with E-state index in [-0.39, 0.29) is 21.5 Å². The highest BCUT2D eigenvalue weighted by molar-refractivity contribution is 9.10. The molecule has 1 aromatic carbocycles. The predicted octanol–water partition coefficient (Wildman–Crippen LogP) is 3.53. The summed E-state index contributed by atoms with van der Waals surface area (Å²) in [6, 6.07) is 4.55. The van der Waals surface area contributed by atoms with Gasteiger partial charge in [-0.15, -0.1) is 0 Å². The van der Waals surface area contributed by atoms with Gasteiger partial charge in [-0.3, -0.25) is 0 Å². The highest BCUT2D eigenvalue weighted by Gasteiger charge is 2.22. The highest BCUT2D eigenvalue weighted by Crippen LogP contribution is 2.32. The SMILES string of the molecule is Cc1cc(CNS(=O)(=O)c2c(Cl)cc(Br)cc2Cl)no1. The van der Waals surface area contributed by atoms with Crippen molar-refractivity contribution in [2.24, 2.45) is 0 Å². The van der Waals surface area contributed by atoms with Gasteiger partial charge in [-0.2, -0.15) is 0 Å². The second-order valence-electron chi connectivity index (χ2n) is 3.95. The fraction of sp³-hybridized carbons (Fsp3) is 0.182. The molecule has 5 nitrogen and oxygen atoms in total. The molecule has 0 aliphatic rings. The van der Waals surface area contributed by atoms with Crippen LogP contribution in [0.3, 0.4) is 0 Å². The number of sulfonamides is 1. The monoisotopic (exact) mass is 398 g/mol. The Morgan fingerprint density at radius 2 is 1.90 bits per heavy atom. The summed E-state index contributed by atoms with van der Waals surface area (Å²) >= 11 is 15.1. The Kier molecular flexibility index (Phi) is 4.76. The van der Waals surface area contributed by atoms with Crippen molar-refractivity contribution in [2.45, 2.75) is 18.4 Å². The number of halogens is 3. The number of nitrogens with one attached hydrogen (secondary N) is 1. The minimum absolute atomic E-state index is 0.0115. The first kappa shape index (κ1) is 15.8. The standard InChI is InChI=1S/C11H9BrCl2N2O3S/c1-6-2-8(16-19-6)5-15-20(17,18)11-9(13)3-7(12)4-10(11)14/h2-4,15H,5H2,1H3. The molecule has 0 aliphatic carbocycles. The molecule has 0 atom stereocenters. The van der Waals surface area contributed by atoms with E-state index in [0.29, 0.717) is 15.9 Å². The summed E-state index contributed by atoms with van der Waals surface area (Å²) in [7, 11) is -3.84. The van der Waals surface area contributed by atoms with E-state index in [0.717, 1.165) is 0 Å². The number of aryl methyl sites for hydroxylation is 1. The topological polar surface area (TPSA) is 72.2 Å². The van der Waals surface area contributed by atoms with Crippen LogP contribution in [0.25, 0.3) is 0 Å². The maximum Gasteiger partial charge on any atom is 0.243 e. The van der Waals surface area contributed by atoms with Crippen molar-refractivity contribution < 1.29 is 12.9 Å². The van der Waals surface area contributed by atoms with Gasteiger partial charge in [-0.25, -0.2) is 13.1 Å². The van der Waals surface area contributed by atoms with Crippen LogP contribution >= 0.6 is 39.1 Å². The first-order valence-electron chi connectivity index (χ1n) is 5.36. The summed E-state index contributed by atoms with van der Waals surface area (Å²) in [6.07, 6.45) is 0. The number of hydrogen-bond acceptors (Lipinski definition) is 4. The van der Waals surface area contributed by atoms with Crippen molar-refractivity contribution in [3.63, 3.8) is 0 Å². The molecule has 1 aromatic heterocycles. The molecule has 0 radical (unpaired) electrons. The summed E-state index contributed by atoms with van der Waals surface area (Å²) in [5.74, 6) is 0.596. The Balaban J connectivity index is 2.27. The molecule has 0 unspecified atom stereocenters. The van der Waals surface area contributed by atoms with E-state index in [9.17, 15) is 8.42 Å². The van der Waals surface area contributed by atoms with Crippen molar-refractivity contribution in [3.05, 3.63) is 44.2 Å². The van der Waals surface area contributed by atoms with Crippen LogP contribution in [0.4, 0.5) is 0 Å². The molecule has 0 aliphatic heterocycles. The van der Waals surface area contributed by atoms with E-state index in [1.165, 1.54) is 12.1 Å². The molecule has 108 valence electrons. The molecule has 9 heteroatoms. The average molecular weight is 400 g/mol. The summed E-state index contributed by atoms with van der Waals surface area (Å²) < 4.78 is 32.2. The van der Waals surface area contributed by atoms with E-state index >= 15 is 0 Å². The van der Waals surface area contributed by atoms with Gasteiger partial charge in [0.2, 0.25) is 10.0 Å². The second kappa shape index (κ2) is 6.03. The second-order valence-corrected chi connectivity index (χ2v) is 7.39. The van der Waals surface area contributed by atoms with Gasteiger partial charge < -0.3 is 4.52 Å². The molecule has 2 rings (SSSR count). The number of hydrogen-bond donors (Lipinski definition) is 1. The molecule has 0 spiro atoms. The van der Waals surface area contributed by atoms with Crippen LogP contribution in [-0.2, 0) is 16.6 Å². The maximum absolute atomic E-state index is 12.2. The van der Waals surface area contributed by atoms with Crippen LogP contribution < -0.4 is 4.72 Å². The van der Waals surface area contributed by atoms with Crippen molar-refractivity contribution >= 4 is 49.2 Å². The van der Waals surface area contributed by atoms with Gasteiger partial charge in [0, 0.05) is 10.5 Å². The fourth-order valence-corrected chi connectivity index (χ4v) is 4.46. The molecule has 0 bridgehead atoms. The van der Waals surface area contributed by atoms with Crippen LogP contribution in [0.2, 0.25) is 10.0 Å². The zero-order valence-corrected chi connectivity index (χ0v) is 14.1. The van der Waals surface area contributed by atoms with Crippen molar-refractivity contribution in [3.8, 4) is 0 Å². The van der Waals surface area contributed by atoms with Crippen molar-refractivity contribution in [2.75, 3.05) is 0 Å². The average Bonchev–Trinajstić information content (AvgIpc) is 2.71. The van der Waals surface area contributed by atoms with Crippen LogP contribution in [0.5, 0.6) is 0 Å². The molecule has 1 heterocycles. The molecule has 0 fully saturated rings. The van der Waals surface area contributed by atoms with Gasteiger partial charge in [0.25, 0.3) is 0 Å². The molecular weight excluding hydrogens is 391 g/mol. The van der Waals surface area contributed by atoms with E-state index < -0.39 is 10.0 Å². The van der Waals surface area contributed by atoms with Gasteiger partial charge in [0.15, 0.2) is 0 Å². The van der Waals surface area contributed by atoms with E-state index in [2.05, 4.69) is 25.8 Å². The predicted molar refractivity (Wildman–Crippen MR) is 79.4 cm³/mol. The lowest BCUT2D eigenvalue weighted by atomic mass is 10.4. The lowest BCUT2D eigenvalue weighted by Crippen LogP contribution is -2.24. The Bertz CT molecular complexity index is 723. The molecular formula is C11H9BrCl2N2O3S. The lowest BCUT2D eigenvalue weighted by Gasteiger charge is -2.09. The van der Waals surface area contributed by atoms with E-state index in [1.807, 2.05) is 0 Å². The minimum Gasteiger partial charge on any atom is -0.361 e. The Labute approximate surface area is 134 Å². The third kappa shape index (κ3) is 3.53. The summed E-state index contributed by atoms with van der Waals surface area (Å²) in [6.45, 7) is 1.70. The third-order valence-corrected chi connectivity index (χ3v) is 5.13. The quantitative estimate of drug-likeness (QED) is 0.853. The van der Waals surface area contributed by atoms with Gasteiger partial charge in [-0.1, -0.05) is 44.3 Å². The Hall–Kier alpha value is -0.600. The molecule has 20 heavy (non-hydrogen) atoms. The fourth-order valence-electron chi connectivity index (χ4n) is 1.53. The Morgan fingerprint density at radius 3 is 2.40 bits per heavy atom. The highest BCUT2D eigenvalue weighted by atomic mass is 79.9.